The highest BCUT2D eigenvalue weighted by atomic mass is 32.2. The second-order valence-corrected chi connectivity index (χ2v) is 8.00. The van der Waals surface area contributed by atoms with Crippen LogP contribution in [0.4, 0.5) is 10.8 Å². The van der Waals surface area contributed by atoms with Crippen molar-refractivity contribution in [1.82, 2.24) is 4.98 Å². The first kappa shape index (κ1) is 15.1. The fourth-order valence-corrected chi connectivity index (χ4v) is 4.82. The third-order valence-electron chi connectivity index (χ3n) is 2.34. The number of thioether (sulfide) groups is 1. The van der Waals surface area contributed by atoms with Crippen molar-refractivity contribution in [2.45, 2.75) is 11.8 Å². The van der Waals surface area contributed by atoms with Crippen molar-refractivity contribution < 1.29 is 8.42 Å². The fraction of sp³-hybridized carbons (Fsp3) is 0.250. The lowest BCUT2D eigenvalue weighted by molar-refractivity contribution is 0.602. The van der Waals surface area contributed by atoms with E-state index in [9.17, 15) is 8.42 Å². The minimum atomic E-state index is -3.36. The zero-order valence-corrected chi connectivity index (χ0v) is 13.3. The van der Waals surface area contributed by atoms with Crippen LogP contribution in [0.1, 0.15) is 5.69 Å². The van der Waals surface area contributed by atoms with Gasteiger partial charge in [-0.3, -0.25) is 4.72 Å². The van der Waals surface area contributed by atoms with Gasteiger partial charge in [-0.05, 0) is 25.1 Å². The molecular weight excluding hydrogens is 314 g/mol. The van der Waals surface area contributed by atoms with Crippen LogP contribution < -0.4 is 10.5 Å². The van der Waals surface area contributed by atoms with Gasteiger partial charge in [-0.15, -0.1) is 23.1 Å². The third-order valence-corrected chi connectivity index (χ3v) is 5.85. The molecule has 2 aromatic rings. The standard InChI is InChI=1S/C12H15N3O2S3/c1-9-8-19-12(14-9)15-20(16,17)6-5-18-11-4-2-3-10(13)7-11/h2-4,7-8H,5-6,13H2,1H3,(H,14,15). The molecule has 0 fully saturated rings. The zero-order chi connectivity index (χ0) is 14.6. The molecule has 0 saturated heterocycles. The Bertz CT molecular complexity index is 683. The number of aromatic nitrogens is 1. The van der Waals surface area contributed by atoms with Gasteiger partial charge in [0.1, 0.15) is 0 Å². The Hall–Kier alpha value is -1.25. The van der Waals surface area contributed by atoms with Gasteiger partial charge in [-0.1, -0.05) is 6.07 Å². The number of nitrogen functional groups attached to an aromatic ring is 1. The van der Waals surface area contributed by atoms with Crippen LogP contribution in [-0.2, 0) is 10.0 Å². The summed E-state index contributed by atoms with van der Waals surface area (Å²) in [5.41, 5.74) is 7.15. The van der Waals surface area contributed by atoms with E-state index in [2.05, 4.69) is 9.71 Å². The molecule has 0 amide bonds. The molecule has 1 aromatic carbocycles. The predicted octanol–water partition coefficient (Wildman–Crippen LogP) is 2.57. The van der Waals surface area contributed by atoms with E-state index in [0.29, 0.717) is 16.6 Å². The SMILES string of the molecule is Cc1csc(NS(=O)(=O)CCSc2cccc(N)c2)n1. The Kier molecular flexibility index (Phi) is 4.90. The van der Waals surface area contributed by atoms with E-state index in [0.717, 1.165) is 10.6 Å². The van der Waals surface area contributed by atoms with Crippen LogP contribution in [-0.4, -0.2) is 24.9 Å². The van der Waals surface area contributed by atoms with Crippen LogP contribution in [0.3, 0.4) is 0 Å². The monoisotopic (exact) mass is 329 g/mol. The molecule has 0 unspecified atom stereocenters. The minimum Gasteiger partial charge on any atom is -0.399 e. The second kappa shape index (κ2) is 6.47. The molecule has 0 spiro atoms. The quantitative estimate of drug-likeness (QED) is 0.628. The van der Waals surface area contributed by atoms with E-state index < -0.39 is 10.0 Å². The molecule has 1 heterocycles. The molecule has 2 rings (SSSR count). The first-order valence-corrected chi connectivity index (χ1v) is 9.37. The third kappa shape index (κ3) is 4.69. The predicted molar refractivity (Wildman–Crippen MR) is 85.8 cm³/mol. The van der Waals surface area contributed by atoms with Crippen LogP contribution in [0.2, 0.25) is 0 Å². The smallest absolute Gasteiger partial charge is 0.235 e. The molecule has 3 N–H and O–H groups in total. The Morgan fingerprint density at radius 1 is 1.45 bits per heavy atom. The molecule has 0 saturated carbocycles. The molecule has 0 aliphatic rings. The number of hydrogen-bond donors (Lipinski definition) is 2. The number of aryl methyl sites for hydroxylation is 1. The number of thiazole rings is 1. The molecule has 0 bridgehead atoms. The number of rotatable bonds is 6. The number of nitrogens with one attached hydrogen (secondary N) is 1. The lowest BCUT2D eigenvalue weighted by atomic mass is 10.3. The summed E-state index contributed by atoms with van der Waals surface area (Å²) < 4.78 is 26.2. The Morgan fingerprint density at radius 3 is 2.90 bits per heavy atom. The van der Waals surface area contributed by atoms with E-state index in [4.69, 9.17) is 5.73 Å². The summed E-state index contributed by atoms with van der Waals surface area (Å²) in [5, 5.41) is 2.22. The molecule has 0 atom stereocenters. The minimum absolute atomic E-state index is 0.0328. The van der Waals surface area contributed by atoms with Crippen LogP contribution in [0.5, 0.6) is 0 Å². The van der Waals surface area contributed by atoms with Gasteiger partial charge in [0.25, 0.3) is 0 Å². The molecule has 20 heavy (non-hydrogen) atoms. The van der Waals surface area contributed by atoms with E-state index in [1.807, 2.05) is 25.1 Å². The zero-order valence-electron chi connectivity index (χ0n) is 10.9. The molecule has 0 aliphatic heterocycles. The highest BCUT2D eigenvalue weighted by Gasteiger charge is 2.12. The van der Waals surface area contributed by atoms with E-state index in [-0.39, 0.29) is 5.75 Å². The van der Waals surface area contributed by atoms with Gasteiger partial charge in [0.05, 0.1) is 11.4 Å². The van der Waals surface area contributed by atoms with E-state index in [1.165, 1.54) is 23.1 Å². The highest BCUT2D eigenvalue weighted by Crippen LogP contribution is 2.21. The van der Waals surface area contributed by atoms with Gasteiger partial charge in [0.15, 0.2) is 5.13 Å². The van der Waals surface area contributed by atoms with Gasteiger partial charge in [0, 0.05) is 21.7 Å². The number of nitrogens with two attached hydrogens (primary N) is 1. The number of hydrogen-bond acceptors (Lipinski definition) is 6. The Morgan fingerprint density at radius 2 is 2.25 bits per heavy atom. The maximum Gasteiger partial charge on any atom is 0.235 e. The van der Waals surface area contributed by atoms with E-state index in [1.54, 1.807) is 11.4 Å². The van der Waals surface area contributed by atoms with Crippen LogP contribution in [0.25, 0.3) is 0 Å². The molecule has 0 radical (unpaired) electrons. The van der Waals surface area contributed by atoms with Crippen LogP contribution in [0.15, 0.2) is 34.5 Å². The lowest BCUT2D eigenvalue weighted by Gasteiger charge is -2.05. The Labute approximate surface area is 126 Å². The summed E-state index contributed by atoms with van der Waals surface area (Å²) >= 11 is 2.74. The first-order chi connectivity index (χ1) is 9.44. The van der Waals surface area contributed by atoms with Crippen molar-refractivity contribution in [2.24, 2.45) is 0 Å². The molecule has 0 aliphatic carbocycles. The maximum absolute atomic E-state index is 11.9. The number of sulfonamides is 1. The largest absolute Gasteiger partial charge is 0.399 e. The number of nitrogens with zero attached hydrogens (tertiary/aromatic N) is 1. The van der Waals surface area contributed by atoms with Gasteiger partial charge in [0.2, 0.25) is 10.0 Å². The molecule has 8 heteroatoms. The van der Waals surface area contributed by atoms with Gasteiger partial charge < -0.3 is 5.73 Å². The normalized spacial score (nSPS) is 11.4. The van der Waals surface area contributed by atoms with E-state index >= 15 is 0 Å². The van der Waals surface area contributed by atoms with Crippen molar-refractivity contribution in [3.63, 3.8) is 0 Å². The molecular formula is C12H15N3O2S3. The molecule has 108 valence electrons. The highest BCUT2D eigenvalue weighted by molar-refractivity contribution is 8.01. The summed E-state index contributed by atoms with van der Waals surface area (Å²) in [4.78, 5) is 5.04. The molecule has 5 nitrogen and oxygen atoms in total. The maximum atomic E-state index is 11.9. The van der Waals surface area contributed by atoms with Crippen molar-refractivity contribution in [3.8, 4) is 0 Å². The fourth-order valence-electron chi connectivity index (χ4n) is 1.46. The topological polar surface area (TPSA) is 85.1 Å². The van der Waals surface area contributed by atoms with Gasteiger partial charge in [-0.2, -0.15) is 0 Å². The second-order valence-electron chi connectivity index (χ2n) is 4.14. The summed E-state index contributed by atoms with van der Waals surface area (Å²) in [6.45, 7) is 1.82. The van der Waals surface area contributed by atoms with Gasteiger partial charge >= 0.3 is 0 Å². The average molecular weight is 329 g/mol. The lowest BCUT2D eigenvalue weighted by Crippen LogP contribution is -2.18. The summed E-state index contributed by atoms with van der Waals surface area (Å²) in [5.74, 6) is 0.494. The number of benzene rings is 1. The first-order valence-electron chi connectivity index (χ1n) is 5.85. The Balaban J connectivity index is 1.86. The summed E-state index contributed by atoms with van der Waals surface area (Å²) in [6.07, 6.45) is 0. The summed E-state index contributed by atoms with van der Waals surface area (Å²) in [7, 11) is -3.36. The van der Waals surface area contributed by atoms with Crippen LogP contribution in [0, 0.1) is 6.92 Å². The van der Waals surface area contributed by atoms with Gasteiger partial charge in [-0.25, -0.2) is 13.4 Å². The number of anilines is 2. The van der Waals surface area contributed by atoms with Crippen molar-refractivity contribution in [3.05, 3.63) is 35.3 Å². The van der Waals surface area contributed by atoms with Crippen molar-refractivity contribution in [2.75, 3.05) is 22.0 Å². The molecule has 1 aromatic heterocycles. The van der Waals surface area contributed by atoms with Crippen LogP contribution >= 0.6 is 23.1 Å². The van der Waals surface area contributed by atoms with Crippen molar-refractivity contribution in [1.29, 1.82) is 0 Å². The average Bonchev–Trinajstić information content (AvgIpc) is 2.73. The van der Waals surface area contributed by atoms with Crippen molar-refractivity contribution >= 4 is 43.9 Å². The summed E-state index contributed by atoms with van der Waals surface area (Å²) in [6, 6.07) is 7.38.